The Kier molecular flexibility index (Phi) is 4.56. The highest BCUT2D eigenvalue weighted by molar-refractivity contribution is 7.89. The molecule has 1 aliphatic rings. The highest BCUT2D eigenvalue weighted by Gasteiger charge is 2.36. The molecule has 0 bridgehead atoms. The van der Waals surface area contributed by atoms with Gasteiger partial charge in [-0.2, -0.15) is 17.5 Å². The van der Waals surface area contributed by atoms with Crippen LogP contribution >= 0.6 is 0 Å². The summed E-state index contributed by atoms with van der Waals surface area (Å²) in [6.45, 7) is 3.18. The molecule has 0 saturated carbocycles. The number of benzene rings is 1. The summed E-state index contributed by atoms with van der Waals surface area (Å²) in [7, 11) is -4.04. The number of sulfonamides is 1. The molecule has 2 unspecified atom stereocenters. The molecule has 22 heavy (non-hydrogen) atoms. The number of halogens is 3. The van der Waals surface area contributed by atoms with Crippen LogP contribution in [0.15, 0.2) is 23.1 Å². The SMILES string of the molecule is Cc1ccc(S(=O)(=O)N2CCC(C)C(O)C2)cc1C(F)(F)F. The first-order valence-corrected chi connectivity index (χ1v) is 8.33. The van der Waals surface area contributed by atoms with Gasteiger partial charge in [0.15, 0.2) is 0 Å². The van der Waals surface area contributed by atoms with Crippen molar-refractivity contribution in [2.45, 2.75) is 37.4 Å². The maximum absolute atomic E-state index is 12.9. The van der Waals surface area contributed by atoms with Gasteiger partial charge in [0.25, 0.3) is 0 Å². The normalized spacial score (nSPS) is 24.5. The molecule has 8 heteroatoms. The number of β-amino-alcohol motifs (C(OH)–C–C–N with tert-alkyl or cyclic N) is 1. The number of alkyl halides is 3. The van der Waals surface area contributed by atoms with Crippen LogP contribution < -0.4 is 0 Å². The molecule has 1 saturated heterocycles. The van der Waals surface area contributed by atoms with E-state index in [0.717, 1.165) is 10.4 Å². The maximum Gasteiger partial charge on any atom is 0.416 e. The van der Waals surface area contributed by atoms with Crippen molar-refractivity contribution in [1.82, 2.24) is 4.31 Å². The number of piperidine rings is 1. The summed E-state index contributed by atoms with van der Waals surface area (Å²) in [5, 5.41) is 9.80. The molecule has 1 aromatic carbocycles. The molecule has 1 heterocycles. The summed E-state index contributed by atoms with van der Waals surface area (Å²) < 4.78 is 64.8. The van der Waals surface area contributed by atoms with Crippen LogP contribution in [0.1, 0.15) is 24.5 Å². The van der Waals surface area contributed by atoms with Gasteiger partial charge in [-0.15, -0.1) is 0 Å². The van der Waals surface area contributed by atoms with Gasteiger partial charge in [-0.1, -0.05) is 13.0 Å². The lowest BCUT2D eigenvalue weighted by atomic mass is 9.98. The number of aliphatic hydroxyl groups excluding tert-OH is 1. The molecule has 0 amide bonds. The summed E-state index contributed by atoms with van der Waals surface area (Å²) >= 11 is 0. The highest BCUT2D eigenvalue weighted by Crippen LogP contribution is 2.34. The first kappa shape index (κ1) is 17.2. The predicted octanol–water partition coefficient (Wildman–Crippen LogP) is 2.41. The second-order valence-electron chi connectivity index (χ2n) is 5.67. The van der Waals surface area contributed by atoms with E-state index in [-0.39, 0.29) is 24.6 Å². The van der Waals surface area contributed by atoms with E-state index >= 15 is 0 Å². The zero-order chi connectivity index (χ0) is 16.7. The van der Waals surface area contributed by atoms with Crippen LogP contribution in [-0.2, 0) is 16.2 Å². The molecule has 0 radical (unpaired) electrons. The van der Waals surface area contributed by atoms with Crippen LogP contribution in [-0.4, -0.2) is 37.0 Å². The molecule has 2 rings (SSSR count). The van der Waals surface area contributed by atoms with Gasteiger partial charge in [0, 0.05) is 13.1 Å². The van der Waals surface area contributed by atoms with Gasteiger partial charge in [-0.05, 0) is 37.0 Å². The second kappa shape index (κ2) is 5.82. The Morgan fingerprint density at radius 2 is 1.95 bits per heavy atom. The van der Waals surface area contributed by atoms with Gasteiger partial charge < -0.3 is 5.11 Å². The molecule has 1 fully saturated rings. The van der Waals surface area contributed by atoms with Crippen molar-refractivity contribution in [2.75, 3.05) is 13.1 Å². The Hall–Kier alpha value is -1.12. The van der Waals surface area contributed by atoms with E-state index in [1.807, 2.05) is 6.92 Å². The summed E-state index contributed by atoms with van der Waals surface area (Å²) in [6.07, 6.45) is -4.94. The quantitative estimate of drug-likeness (QED) is 0.902. The number of nitrogens with zero attached hydrogens (tertiary/aromatic N) is 1. The molecule has 0 spiro atoms. The number of rotatable bonds is 2. The van der Waals surface area contributed by atoms with Crippen LogP contribution in [0.25, 0.3) is 0 Å². The van der Waals surface area contributed by atoms with Gasteiger partial charge >= 0.3 is 6.18 Å². The third-order valence-electron chi connectivity index (χ3n) is 4.03. The molecule has 4 nitrogen and oxygen atoms in total. The Labute approximate surface area is 127 Å². The molecule has 0 aromatic heterocycles. The van der Waals surface area contributed by atoms with E-state index in [1.54, 1.807) is 0 Å². The molecule has 1 aliphatic heterocycles. The third kappa shape index (κ3) is 3.28. The molecule has 2 atom stereocenters. The minimum atomic E-state index is -4.61. The lowest BCUT2D eigenvalue weighted by Gasteiger charge is -2.33. The molecule has 1 N–H and O–H groups in total. The van der Waals surface area contributed by atoms with Gasteiger partial charge in [-0.25, -0.2) is 8.42 Å². The summed E-state index contributed by atoms with van der Waals surface area (Å²) in [5.41, 5.74) is -0.988. The van der Waals surface area contributed by atoms with Gasteiger partial charge in [0.2, 0.25) is 10.0 Å². The summed E-state index contributed by atoms with van der Waals surface area (Å²) in [5.74, 6) is -0.0322. The molecular formula is C14H18F3NO3S. The first-order chi connectivity index (χ1) is 10.0. The molecular weight excluding hydrogens is 319 g/mol. The Morgan fingerprint density at radius 1 is 1.32 bits per heavy atom. The topological polar surface area (TPSA) is 57.6 Å². The van der Waals surface area contributed by atoms with Crippen LogP contribution in [0.5, 0.6) is 0 Å². The highest BCUT2D eigenvalue weighted by atomic mass is 32.2. The van der Waals surface area contributed by atoms with Crippen LogP contribution in [0.2, 0.25) is 0 Å². The Morgan fingerprint density at radius 3 is 2.50 bits per heavy atom. The Balaban J connectivity index is 2.38. The first-order valence-electron chi connectivity index (χ1n) is 6.89. The van der Waals surface area contributed by atoms with E-state index in [0.29, 0.717) is 12.5 Å². The smallest absolute Gasteiger partial charge is 0.391 e. The van der Waals surface area contributed by atoms with Crippen molar-refractivity contribution in [3.05, 3.63) is 29.3 Å². The zero-order valence-electron chi connectivity index (χ0n) is 12.3. The number of hydrogen-bond acceptors (Lipinski definition) is 3. The van der Waals surface area contributed by atoms with Crippen molar-refractivity contribution in [2.24, 2.45) is 5.92 Å². The van der Waals surface area contributed by atoms with Gasteiger partial charge in [-0.3, -0.25) is 0 Å². The number of aryl methyl sites for hydroxylation is 1. The van der Waals surface area contributed by atoms with Crippen molar-refractivity contribution in [1.29, 1.82) is 0 Å². The van der Waals surface area contributed by atoms with E-state index < -0.39 is 32.8 Å². The average Bonchev–Trinajstić information content (AvgIpc) is 2.40. The van der Waals surface area contributed by atoms with Crippen LogP contribution in [0.3, 0.4) is 0 Å². The fourth-order valence-electron chi connectivity index (χ4n) is 2.45. The minimum absolute atomic E-state index is 0.0289. The van der Waals surface area contributed by atoms with Crippen molar-refractivity contribution in [3.63, 3.8) is 0 Å². The fourth-order valence-corrected chi connectivity index (χ4v) is 3.95. The Bertz CT molecular complexity index is 658. The zero-order valence-corrected chi connectivity index (χ0v) is 13.1. The average molecular weight is 337 g/mol. The number of aliphatic hydroxyl groups is 1. The van der Waals surface area contributed by atoms with E-state index in [1.165, 1.54) is 13.0 Å². The van der Waals surface area contributed by atoms with E-state index in [2.05, 4.69) is 0 Å². The summed E-state index contributed by atoms with van der Waals surface area (Å²) in [6, 6.07) is 2.98. The van der Waals surface area contributed by atoms with Crippen LogP contribution in [0.4, 0.5) is 13.2 Å². The molecule has 1 aromatic rings. The van der Waals surface area contributed by atoms with Crippen molar-refractivity contribution in [3.8, 4) is 0 Å². The lowest BCUT2D eigenvalue weighted by Crippen LogP contribution is -2.45. The predicted molar refractivity (Wildman–Crippen MR) is 74.7 cm³/mol. The number of hydrogen-bond donors (Lipinski definition) is 1. The van der Waals surface area contributed by atoms with Crippen molar-refractivity contribution >= 4 is 10.0 Å². The second-order valence-corrected chi connectivity index (χ2v) is 7.61. The minimum Gasteiger partial charge on any atom is -0.391 e. The fraction of sp³-hybridized carbons (Fsp3) is 0.571. The third-order valence-corrected chi connectivity index (χ3v) is 5.89. The van der Waals surface area contributed by atoms with E-state index in [4.69, 9.17) is 0 Å². The van der Waals surface area contributed by atoms with Crippen molar-refractivity contribution < 1.29 is 26.7 Å². The van der Waals surface area contributed by atoms with Gasteiger partial charge in [0.1, 0.15) is 0 Å². The van der Waals surface area contributed by atoms with E-state index in [9.17, 15) is 26.7 Å². The monoisotopic (exact) mass is 337 g/mol. The van der Waals surface area contributed by atoms with Gasteiger partial charge in [0.05, 0.1) is 16.6 Å². The largest absolute Gasteiger partial charge is 0.416 e. The molecule has 124 valence electrons. The van der Waals surface area contributed by atoms with Crippen LogP contribution in [0, 0.1) is 12.8 Å². The standard InChI is InChI=1S/C14H18F3NO3S/c1-9-3-4-11(7-12(9)14(15,16)17)22(20,21)18-6-5-10(2)13(19)8-18/h3-4,7,10,13,19H,5-6,8H2,1-2H3. The maximum atomic E-state index is 12.9. The summed E-state index contributed by atoms with van der Waals surface area (Å²) in [4.78, 5) is -0.396. The molecule has 0 aliphatic carbocycles. The lowest BCUT2D eigenvalue weighted by molar-refractivity contribution is -0.138.